The number of ether oxygens (including phenoxy) is 2. The smallest absolute Gasteiger partial charge is 0.344 e. The first-order valence-electron chi connectivity index (χ1n) is 7.06. The minimum absolute atomic E-state index is 0.0636. The summed E-state index contributed by atoms with van der Waals surface area (Å²) in [5.74, 6) is -1.33. The molecule has 0 spiro atoms. The van der Waals surface area contributed by atoms with E-state index in [1.807, 2.05) is 6.92 Å². The van der Waals surface area contributed by atoms with Crippen molar-refractivity contribution in [3.8, 4) is 0 Å². The number of hydrogen-bond donors (Lipinski definition) is 1. The first-order chi connectivity index (χ1) is 10.2. The molecule has 0 saturated heterocycles. The van der Waals surface area contributed by atoms with Crippen molar-refractivity contribution in [3.63, 3.8) is 0 Å². The van der Waals surface area contributed by atoms with Gasteiger partial charge >= 0.3 is 11.9 Å². The van der Waals surface area contributed by atoms with Crippen LogP contribution in [0.15, 0.2) is 12.2 Å². The second-order valence-electron chi connectivity index (χ2n) is 6.22. The molecule has 8 heteroatoms. The van der Waals surface area contributed by atoms with E-state index in [4.69, 9.17) is 13.7 Å². The Hall–Kier alpha value is -1.41. The SMILES string of the molecule is C=C(C)C(=O)OCC(=O)OC1C(O[SH](=O)=O)C2CCC1(C)C2. The van der Waals surface area contributed by atoms with Crippen molar-refractivity contribution in [2.75, 3.05) is 6.61 Å². The van der Waals surface area contributed by atoms with Crippen LogP contribution in [0.4, 0.5) is 0 Å². The number of carbonyl (C=O) groups excluding carboxylic acids is 2. The second-order valence-corrected chi connectivity index (χ2v) is 6.88. The lowest BCUT2D eigenvalue weighted by Crippen LogP contribution is -2.43. The number of hydrogen-bond acceptors (Lipinski definition) is 7. The predicted octanol–water partition coefficient (Wildman–Crippen LogP) is 0.749. The van der Waals surface area contributed by atoms with Crippen molar-refractivity contribution in [3.05, 3.63) is 12.2 Å². The maximum atomic E-state index is 11.8. The van der Waals surface area contributed by atoms with Gasteiger partial charge in [-0.2, -0.15) is 0 Å². The van der Waals surface area contributed by atoms with Crippen molar-refractivity contribution in [2.45, 2.75) is 45.3 Å². The quantitative estimate of drug-likeness (QED) is 0.435. The fraction of sp³-hybridized carbons (Fsp3) is 0.714. The Bertz CT molecular complexity index is 560. The molecule has 0 radical (unpaired) electrons. The second kappa shape index (κ2) is 6.37. The predicted molar refractivity (Wildman–Crippen MR) is 76.3 cm³/mol. The number of thiol groups is 1. The Kier molecular flexibility index (Phi) is 4.91. The van der Waals surface area contributed by atoms with E-state index in [0.29, 0.717) is 0 Å². The van der Waals surface area contributed by atoms with Gasteiger partial charge in [0.2, 0.25) is 0 Å². The van der Waals surface area contributed by atoms with Crippen LogP contribution in [0.2, 0.25) is 0 Å². The molecule has 124 valence electrons. The molecule has 7 nitrogen and oxygen atoms in total. The third-order valence-electron chi connectivity index (χ3n) is 4.40. The maximum absolute atomic E-state index is 11.8. The number of fused-ring (bicyclic) bond motifs is 2. The van der Waals surface area contributed by atoms with Crippen LogP contribution in [0, 0.1) is 11.3 Å². The van der Waals surface area contributed by atoms with Crippen LogP contribution in [0.25, 0.3) is 0 Å². The molecule has 0 aromatic heterocycles. The Balaban J connectivity index is 1.98. The fourth-order valence-corrected chi connectivity index (χ4v) is 3.86. The first-order valence-corrected chi connectivity index (χ1v) is 8.16. The van der Waals surface area contributed by atoms with E-state index >= 15 is 0 Å². The normalized spacial score (nSPS) is 33.0. The molecule has 0 aromatic carbocycles. The summed E-state index contributed by atoms with van der Waals surface area (Å²) in [5.41, 5.74) is -0.112. The van der Waals surface area contributed by atoms with Gasteiger partial charge in [-0.1, -0.05) is 13.5 Å². The topological polar surface area (TPSA) is 96.0 Å². The molecule has 0 amide bonds. The fourth-order valence-electron chi connectivity index (χ4n) is 3.37. The molecule has 0 aliphatic heterocycles. The van der Waals surface area contributed by atoms with Crippen LogP contribution in [-0.4, -0.2) is 39.2 Å². The van der Waals surface area contributed by atoms with E-state index in [-0.39, 0.29) is 16.9 Å². The molecule has 4 atom stereocenters. The van der Waals surface area contributed by atoms with Crippen LogP contribution in [0.3, 0.4) is 0 Å². The molecular weight excluding hydrogens is 312 g/mol. The number of esters is 2. The summed E-state index contributed by atoms with van der Waals surface area (Å²) in [5, 5.41) is 0. The number of carbonyl (C=O) groups is 2. The van der Waals surface area contributed by atoms with Gasteiger partial charge < -0.3 is 9.47 Å². The molecule has 2 rings (SSSR count). The molecule has 2 aliphatic carbocycles. The van der Waals surface area contributed by atoms with Gasteiger partial charge in [-0.3, -0.25) is 4.18 Å². The highest BCUT2D eigenvalue weighted by atomic mass is 32.2. The molecule has 0 heterocycles. The summed E-state index contributed by atoms with van der Waals surface area (Å²) in [6, 6.07) is 0. The highest BCUT2D eigenvalue weighted by Gasteiger charge is 2.58. The molecule has 2 bridgehead atoms. The lowest BCUT2D eigenvalue weighted by molar-refractivity contribution is -0.170. The third-order valence-corrected chi connectivity index (χ3v) is 4.82. The maximum Gasteiger partial charge on any atom is 0.344 e. The van der Waals surface area contributed by atoms with Gasteiger partial charge in [-0.05, 0) is 32.1 Å². The summed E-state index contributed by atoms with van der Waals surface area (Å²) in [7, 11) is -3.01. The Morgan fingerprint density at radius 3 is 2.64 bits per heavy atom. The third kappa shape index (κ3) is 3.49. The van der Waals surface area contributed by atoms with E-state index in [9.17, 15) is 18.0 Å². The van der Waals surface area contributed by atoms with Crippen LogP contribution in [0.5, 0.6) is 0 Å². The summed E-state index contributed by atoms with van der Waals surface area (Å²) >= 11 is 0. The van der Waals surface area contributed by atoms with Gasteiger partial charge in [0.15, 0.2) is 6.61 Å². The Morgan fingerprint density at radius 2 is 2.05 bits per heavy atom. The van der Waals surface area contributed by atoms with Gasteiger partial charge in [0, 0.05) is 11.0 Å². The van der Waals surface area contributed by atoms with Gasteiger partial charge in [-0.15, -0.1) is 0 Å². The Morgan fingerprint density at radius 1 is 1.36 bits per heavy atom. The largest absolute Gasteiger partial charge is 0.456 e. The van der Waals surface area contributed by atoms with E-state index in [2.05, 4.69) is 6.58 Å². The molecule has 22 heavy (non-hydrogen) atoms. The molecule has 0 aromatic rings. The van der Waals surface area contributed by atoms with E-state index in [0.717, 1.165) is 19.3 Å². The average molecular weight is 332 g/mol. The summed E-state index contributed by atoms with van der Waals surface area (Å²) in [4.78, 5) is 23.1. The van der Waals surface area contributed by atoms with Crippen molar-refractivity contribution in [1.82, 2.24) is 0 Å². The van der Waals surface area contributed by atoms with Crippen molar-refractivity contribution in [1.29, 1.82) is 0 Å². The minimum Gasteiger partial charge on any atom is -0.456 e. The lowest BCUT2D eigenvalue weighted by Gasteiger charge is -2.34. The molecule has 2 saturated carbocycles. The minimum atomic E-state index is -3.01. The molecule has 2 aliphatic rings. The molecule has 0 N–H and O–H groups in total. The van der Waals surface area contributed by atoms with E-state index in [1.165, 1.54) is 6.92 Å². The van der Waals surface area contributed by atoms with Gasteiger partial charge in [-0.25, -0.2) is 18.0 Å². The van der Waals surface area contributed by atoms with Gasteiger partial charge in [0.1, 0.15) is 12.2 Å². The van der Waals surface area contributed by atoms with Crippen LogP contribution in [-0.2, 0) is 34.2 Å². The monoisotopic (exact) mass is 332 g/mol. The summed E-state index contributed by atoms with van der Waals surface area (Å²) in [6.07, 6.45) is 1.15. The standard InChI is InChI=1S/C14H20O7S/c1-8(2)13(16)19-7-10(15)20-12-11(21-22(17)18)9-4-5-14(12,3)6-9/h9,11-12,22H,1,4-7H2,2-3H3. The lowest BCUT2D eigenvalue weighted by atomic mass is 9.82. The van der Waals surface area contributed by atoms with Crippen molar-refractivity contribution in [2.24, 2.45) is 11.3 Å². The van der Waals surface area contributed by atoms with Crippen LogP contribution < -0.4 is 0 Å². The Labute approximate surface area is 130 Å². The van der Waals surface area contributed by atoms with Crippen molar-refractivity contribution < 1.29 is 31.7 Å². The van der Waals surface area contributed by atoms with Crippen LogP contribution in [0.1, 0.15) is 33.1 Å². The van der Waals surface area contributed by atoms with E-state index < -0.39 is 41.7 Å². The van der Waals surface area contributed by atoms with Crippen LogP contribution >= 0.6 is 0 Å². The van der Waals surface area contributed by atoms with Crippen molar-refractivity contribution >= 4 is 22.9 Å². The summed E-state index contributed by atoms with van der Waals surface area (Å²) in [6.45, 7) is 6.30. The average Bonchev–Trinajstić information content (AvgIpc) is 2.92. The highest BCUT2D eigenvalue weighted by Crippen LogP contribution is 2.56. The zero-order valence-electron chi connectivity index (χ0n) is 12.6. The zero-order chi connectivity index (χ0) is 16.5. The molecule has 4 unspecified atom stereocenters. The molecule has 2 fully saturated rings. The summed E-state index contributed by atoms with van der Waals surface area (Å²) < 4.78 is 36.7. The first kappa shape index (κ1) is 17.0. The van der Waals surface area contributed by atoms with Gasteiger partial charge in [0.25, 0.3) is 11.0 Å². The van der Waals surface area contributed by atoms with Gasteiger partial charge in [0.05, 0.1) is 0 Å². The van der Waals surface area contributed by atoms with E-state index in [1.54, 1.807) is 0 Å². The number of rotatable bonds is 6. The zero-order valence-corrected chi connectivity index (χ0v) is 13.5. The highest BCUT2D eigenvalue weighted by molar-refractivity contribution is 7.67. The molecular formula is C14H20O7S.